The van der Waals surface area contributed by atoms with Crippen molar-refractivity contribution < 1.29 is 18.3 Å². The van der Waals surface area contributed by atoms with Gasteiger partial charge in [0.25, 0.3) is 0 Å². The molecule has 0 aliphatic carbocycles. The Morgan fingerprint density at radius 2 is 1.81 bits per heavy atom. The summed E-state index contributed by atoms with van der Waals surface area (Å²) in [5, 5.41) is 5.06. The van der Waals surface area contributed by atoms with E-state index < -0.39 is 17.7 Å². The van der Waals surface area contributed by atoms with Crippen LogP contribution >= 0.6 is 0 Å². The molecular weight excluding hydrogens is 360 g/mol. The lowest BCUT2D eigenvalue weighted by Crippen LogP contribution is -2.12. The number of nitrogens with one attached hydrogen (secondary N) is 2. The zero-order valence-corrected chi connectivity index (χ0v) is 13.9. The highest BCUT2D eigenvalue weighted by atomic mass is 19.1. The van der Waals surface area contributed by atoms with Gasteiger partial charge in [-0.15, -0.1) is 0 Å². The quantitative estimate of drug-likeness (QED) is 0.637. The number of nitrogen functional groups attached to an aromatic ring is 1. The minimum atomic E-state index is -0.761. The summed E-state index contributed by atoms with van der Waals surface area (Å²) in [6.45, 7) is 0. The average Bonchev–Trinajstić information content (AvgIpc) is 2.60. The Balaban J connectivity index is 1.91. The smallest absolute Gasteiger partial charge is 0.412 e. The Morgan fingerprint density at radius 3 is 2.52 bits per heavy atom. The Kier molecular flexibility index (Phi) is 5.01. The summed E-state index contributed by atoms with van der Waals surface area (Å²) in [6, 6.07) is 7.62. The van der Waals surface area contributed by atoms with Crippen LogP contribution in [0.4, 0.5) is 37.0 Å². The SMILES string of the molecule is COC(=O)Nc1cccc(-c2nc(N)nc(Nc3cc(F)cc(F)c3)n2)n1. The number of carbonyl (C=O) groups excluding carboxylic acids is 1. The van der Waals surface area contributed by atoms with Gasteiger partial charge in [-0.1, -0.05) is 6.07 Å². The Morgan fingerprint density at radius 1 is 1.07 bits per heavy atom. The molecule has 0 unspecified atom stereocenters. The van der Waals surface area contributed by atoms with Gasteiger partial charge in [-0.2, -0.15) is 15.0 Å². The highest BCUT2D eigenvalue weighted by Gasteiger charge is 2.11. The summed E-state index contributed by atoms with van der Waals surface area (Å²) in [6.07, 6.45) is -0.690. The molecule has 9 nitrogen and oxygen atoms in total. The van der Waals surface area contributed by atoms with E-state index >= 15 is 0 Å². The largest absolute Gasteiger partial charge is 0.453 e. The molecule has 1 amide bonds. The molecule has 0 spiro atoms. The third kappa shape index (κ3) is 4.60. The van der Waals surface area contributed by atoms with E-state index in [9.17, 15) is 13.6 Å². The molecule has 138 valence electrons. The highest BCUT2D eigenvalue weighted by Crippen LogP contribution is 2.20. The van der Waals surface area contributed by atoms with Crippen LogP contribution in [0, 0.1) is 11.6 Å². The zero-order valence-electron chi connectivity index (χ0n) is 13.9. The number of methoxy groups -OCH3 is 1. The molecule has 4 N–H and O–H groups in total. The number of halogens is 2. The third-order valence-electron chi connectivity index (χ3n) is 3.17. The summed E-state index contributed by atoms with van der Waals surface area (Å²) >= 11 is 0. The van der Waals surface area contributed by atoms with E-state index in [2.05, 4.69) is 35.3 Å². The summed E-state index contributed by atoms with van der Waals surface area (Å²) < 4.78 is 31.1. The number of hydrogen-bond acceptors (Lipinski definition) is 8. The van der Waals surface area contributed by atoms with Crippen LogP contribution in [0.1, 0.15) is 0 Å². The topological polar surface area (TPSA) is 128 Å². The van der Waals surface area contributed by atoms with E-state index in [4.69, 9.17) is 5.73 Å². The number of rotatable bonds is 4. The molecule has 11 heteroatoms. The van der Waals surface area contributed by atoms with Crippen molar-refractivity contribution in [3.63, 3.8) is 0 Å². The molecule has 0 aliphatic heterocycles. The number of pyridine rings is 1. The van der Waals surface area contributed by atoms with E-state index in [1.54, 1.807) is 18.2 Å². The monoisotopic (exact) mass is 373 g/mol. The average molecular weight is 373 g/mol. The predicted molar refractivity (Wildman–Crippen MR) is 93.1 cm³/mol. The summed E-state index contributed by atoms with van der Waals surface area (Å²) in [7, 11) is 1.22. The molecule has 0 radical (unpaired) electrons. The molecule has 0 atom stereocenters. The van der Waals surface area contributed by atoms with Gasteiger partial charge < -0.3 is 15.8 Å². The summed E-state index contributed by atoms with van der Waals surface area (Å²) in [5.74, 6) is -1.38. The van der Waals surface area contributed by atoms with Crippen molar-refractivity contribution in [2.24, 2.45) is 0 Å². The maximum Gasteiger partial charge on any atom is 0.412 e. The minimum absolute atomic E-state index is 0.0318. The Labute approximate surface area is 151 Å². The van der Waals surface area contributed by atoms with Crippen molar-refractivity contribution in [1.29, 1.82) is 0 Å². The number of nitrogens with zero attached hydrogens (tertiary/aromatic N) is 4. The lowest BCUT2D eigenvalue weighted by molar-refractivity contribution is 0.187. The summed E-state index contributed by atoms with van der Waals surface area (Å²) in [5.41, 5.74) is 6.06. The molecule has 1 aromatic carbocycles. The zero-order chi connectivity index (χ0) is 19.4. The van der Waals surface area contributed by atoms with Gasteiger partial charge in [0, 0.05) is 11.8 Å². The maximum atomic E-state index is 13.3. The van der Waals surface area contributed by atoms with Gasteiger partial charge in [0.1, 0.15) is 23.1 Å². The van der Waals surface area contributed by atoms with Gasteiger partial charge in [0.2, 0.25) is 11.9 Å². The number of ether oxygens (including phenoxy) is 1. The molecule has 0 bridgehead atoms. The predicted octanol–water partition coefficient (Wildman–Crippen LogP) is 2.72. The first-order valence-electron chi connectivity index (χ1n) is 7.50. The Hall–Kier alpha value is -3.89. The summed E-state index contributed by atoms with van der Waals surface area (Å²) in [4.78, 5) is 27.5. The van der Waals surface area contributed by atoms with Crippen LogP contribution in [0.15, 0.2) is 36.4 Å². The fraction of sp³-hybridized carbons (Fsp3) is 0.0625. The van der Waals surface area contributed by atoms with Crippen molar-refractivity contribution in [3.8, 4) is 11.5 Å². The molecule has 0 saturated heterocycles. The van der Waals surface area contributed by atoms with E-state index in [1.165, 1.54) is 7.11 Å². The molecule has 0 saturated carbocycles. The van der Waals surface area contributed by atoms with Crippen molar-refractivity contribution >= 4 is 29.5 Å². The second-order valence-electron chi connectivity index (χ2n) is 5.15. The van der Waals surface area contributed by atoms with E-state index in [0.717, 1.165) is 18.2 Å². The molecule has 2 heterocycles. The first-order chi connectivity index (χ1) is 12.9. The molecule has 0 aliphatic rings. The van der Waals surface area contributed by atoms with Gasteiger partial charge in [0.05, 0.1) is 7.11 Å². The van der Waals surface area contributed by atoms with Crippen LogP contribution in [0.2, 0.25) is 0 Å². The first-order valence-corrected chi connectivity index (χ1v) is 7.50. The second-order valence-corrected chi connectivity index (χ2v) is 5.15. The molecule has 3 rings (SSSR count). The lowest BCUT2D eigenvalue weighted by Gasteiger charge is -2.08. The number of amides is 1. The normalized spacial score (nSPS) is 10.3. The van der Waals surface area contributed by atoms with Crippen LogP contribution in [0.5, 0.6) is 0 Å². The maximum absolute atomic E-state index is 13.3. The lowest BCUT2D eigenvalue weighted by atomic mass is 10.3. The van der Waals surface area contributed by atoms with E-state index in [0.29, 0.717) is 0 Å². The van der Waals surface area contributed by atoms with Crippen molar-refractivity contribution in [2.45, 2.75) is 0 Å². The number of aromatic nitrogens is 4. The molecule has 0 fully saturated rings. The van der Waals surface area contributed by atoms with Gasteiger partial charge in [0.15, 0.2) is 5.82 Å². The van der Waals surface area contributed by atoms with Crippen LogP contribution in [-0.2, 0) is 4.74 Å². The van der Waals surface area contributed by atoms with Crippen LogP contribution in [0.25, 0.3) is 11.5 Å². The van der Waals surface area contributed by atoms with Crippen LogP contribution in [0.3, 0.4) is 0 Å². The number of anilines is 4. The number of nitrogens with two attached hydrogens (primary N) is 1. The highest BCUT2D eigenvalue weighted by molar-refractivity contribution is 5.83. The van der Waals surface area contributed by atoms with E-state index in [-0.39, 0.29) is 34.9 Å². The molecular formula is C16H13F2N7O2. The molecule has 2 aromatic heterocycles. The van der Waals surface area contributed by atoms with Gasteiger partial charge in [-0.3, -0.25) is 5.32 Å². The second kappa shape index (κ2) is 7.56. The number of hydrogen-bond donors (Lipinski definition) is 3. The van der Waals surface area contributed by atoms with Gasteiger partial charge >= 0.3 is 6.09 Å². The fourth-order valence-corrected chi connectivity index (χ4v) is 2.10. The molecule has 3 aromatic rings. The third-order valence-corrected chi connectivity index (χ3v) is 3.17. The van der Waals surface area contributed by atoms with Crippen LogP contribution < -0.4 is 16.4 Å². The van der Waals surface area contributed by atoms with E-state index in [1.807, 2.05) is 0 Å². The van der Waals surface area contributed by atoms with Crippen molar-refractivity contribution in [2.75, 3.05) is 23.5 Å². The minimum Gasteiger partial charge on any atom is -0.453 e. The van der Waals surface area contributed by atoms with Crippen LogP contribution in [-0.4, -0.2) is 33.1 Å². The number of benzene rings is 1. The first kappa shape index (κ1) is 17.9. The molecule has 27 heavy (non-hydrogen) atoms. The van der Waals surface area contributed by atoms with Gasteiger partial charge in [-0.25, -0.2) is 18.6 Å². The standard InChI is InChI=1S/C16H13F2N7O2/c1-27-16(26)22-12-4-2-3-11(21-12)13-23-14(19)25-15(24-13)20-10-6-8(17)5-9(18)7-10/h2-7H,1H3,(H,21,22,26)(H3,19,20,23,24,25). The Bertz CT molecular complexity index is 980. The number of carbonyl (C=O) groups is 1. The fourth-order valence-electron chi connectivity index (χ4n) is 2.10. The van der Waals surface area contributed by atoms with Crippen molar-refractivity contribution in [1.82, 2.24) is 19.9 Å². The van der Waals surface area contributed by atoms with Gasteiger partial charge in [-0.05, 0) is 24.3 Å². The van der Waals surface area contributed by atoms with Crippen molar-refractivity contribution in [3.05, 3.63) is 48.0 Å².